The lowest BCUT2D eigenvalue weighted by atomic mass is 9.83. The van der Waals surface area contributed by atoms with Crippen LogP contribution < -0.4 is 11.5 Å². The number of carbonyl (C=O) groups is 1. The van der Waals surface area contributed by atoms with Gasteiger partial charge in [-0.1, -0.05) is 6.92 Å². The summed E-state index contributed by atoms with van der Waals surface area (Å²) in [5.74, 6) is -0.433. The molecule has 1 amide bonds. The maximum absolute atomic E-state index is 12.0. The second kappa shape index (κ2) is 5.33. The highest BCUT2D eigenvalue weighted by molar-refractivity contribution is 6.05. The summed E-state index contributed by atoms with van der Waals surface area (Å²) in [5, 5.41) is 4.62. The Bertz CT molecular complexity index is 1080. The number of likely N-dealkylation sites (tertiary alicyclic amines) is 1. The first-order valence-electron chi connectivity index (χ1n) is 9.60. The van der Waals surface area contributed by atoms with Crippen LogP contribution in [0.15, 0.2) is 18.3 Å². The van der Waals surface area contributed by atoms with Gasteiger partial charge in [0.05, 0.1) is 17.3 Å². The van der Waals surface area contributed by atoms with E-state index in [9.17, 15) is 4.79 Å². The molecule has 1 aromatic carbocycles. The lowest BCUT2D eigenvalue weighted by Crippen LogP contribution is -2.39. The molecule has 5 N–H and O–H groups in total. The topological polar surface area (TPSA) is 105 Å². The molecule has 0 spiro atoms. The predicted molar refractivity (Wildman–Crippen MR) is 105 cm³/mol. The summed E-state index contributed by atoms with van der Waals surface area (Å²) in [4.78, 5) is 17.9. The molecule has 7 nitrogen and oxygen atoms in total. The van der Waals surface area contributed by atoms with Crippen molar-refractivity contribution in [2.45, 2.75) is 44.1 Å². The van der Waals surface area contributed by atoms with Gasteiger partial charge in [-0.2, -0.15) is 5.10 Å². The van der Waals surface area contributed by atoms with Crippen molar-refractivity contribution >= 4 is 22.6 Å². The zero-order valence-electron chi connectivity index (χ0n) is 15.9. The molecule has 0 radical (unpaired) electrons. The number of nitrogens with zero attached hydrogens (tertiary/aromatic N) is 3. The van der Waals surface area contributed by atoms with E-state index in [0.29, 0.717) is 5.56 Å². The number of fused-ring (bicyclic) bond motifs is 3. The number of primary amides is 1. The van der Waals surface area contributed by atoms with Crippen LogP contribution in [-0.2, 0) is 5.41 Å². The molecule has 7 heteroatoms. The molecule has 1 aliphatic heterocycles. The average molecular weight is 366 g/mol. The first kappa shape index (κ1) is 16.8. The third-order valence-electron chi connectivity index (χ3n) is 6.39. The fourth-order valence-electron chi connectivity index (χ4n) is 4.67. The van der Waals surface area contributed by atoms with Crippen LogP contribution in [0.2, 0.25) is 0 Å². The Hall–Kier alpha value is -2.38. The third kappa shape index (κ3) is 2.56. The van der Waals surface area contributed by atoms with Crippen LogP contribution in [0, 0.1) is 6.92 Å². The lowest BCUT2D eigenvalue weighted by molar-refractivity contribution is 0.100. The Morgan fingerprint density at radius 3 is 2.81 bits per heavy atom. The molecule has 2 aliphatic rings. The fraction of sp³-hybridized carbons (Fsp3) is 0.500. The molecule has 3 heterocycles. The van der Waals surface area contributed by atoms with Gasteiger partial charge in [-0.15, -0.1) is 0 Å². The van der Waals surface area contributed by atoms with E-state index in [-0.39, 0.29) is 11.0 Å². The first-order chi connectivity index (χ1) is 12.8. The fourth-order valence-corrected chi connectivity index (χ4v) is 4.67. The quantitative estimate of drug-likeness (QED) is 0.653. The van der Waals surface area contributed by atoms with E-state index >= 15 is 0 Å². The van der Waals surface area contributed by atoms with Gasteiger partial charge in [-0.05, 0) is 50.4 Å². The van der Waals surface area contributed by atoms with Gasteiger partial charge in [0.25, 0.3) is 5.91 Å². The molecule has 1 saturated carbocycles. The molecule has 3 aromatic rings. The summed E-state index contributed by atoms with van der Waals surface area (Å²) in [6.45, 7) is 7.27. The van der Waals surface area contributed by atoms with Gasteiger partial charge in [-0.3, -0.25) is 4.79 Å². The van der Waals surface area contributed by atoms with Gasteiger partial charge in [0.1, 0.15) is 11.2 Å². The second-order valence-corrected chi connectivity index (χ2v) is 8.90. The number of nitrogens with one attached hydrogen (secondary N) is 1. The molecule has 1 aliphatic carbocycles. The summed E-state index contributed by atoms with van der Waals surface area (Å²) in [6, 6.07) is 3.86. The number of H-pyrrole nitrogens is 1. The highest BCUT2D eigenvalue weighted by Crippen LogP contribution is 2.40. The molecule has 1 saturated heterocycles. The normalized spacial score (nSPS) is 24.9. The molecule has 27 heavy (non-hydrogen) atoms. The molecule has 0 bridgehead atoms. The lowest BCUT2D eigenvalue weighted by Gasteiger charge is -2.25. The van der Waals surface area contributed by atoms with E-state index in [1.54, 1.807) is 0 Å². The maximum atomic E-state index is 12.0. The van der Waals surface area contributed by atoms with Crippen molar-refractivity contribution in [3.8, 4) is 0 Å². The minimum absolute atomic E-state index is 0.00973. The van der Waals surface area contributed by atoms with Crippen LogP contribution in [0.1, 0.15) is 47.7 Å². The average Bonchev–Trinajstić information content (AvgIpc) is 2.94. The van der Waals surface area contributed by atoms with Crippen LogP contribution >= 0.6 is 0 Å². The van der Waals surface area contributed by atoms with Crippen molar-refractivity contribution in [3.63, 3.8) is 0 Å². The molecular weight excluding hydrogens is 340 g/mol. The Kier molecular flexibility index (Phi) is 3.31. The minimum atomic E-state index is -0.433. The molecule has 142 valence electrons. The summed E-state index contributed by atoms with van der Waals surface area (Å²) in [6.07, 6.45) is 5.28. The van der Waals surface area contributed by atoms with Crippen molar-refractivity contribution in [3.05, 3.63) is 35.0 Å². The number of hydrogen-bond donors (Lipinski definition) is 3. The largest absolute Gasteiger partial charge is 0.366 e. The van der Waals surface area contributed by atoms with Crippen LogP contribution in [0.5, 0.6) is 0 Å². The number of carbonyl (C=O) groups excluding carboxylic acids is 1. The third-order valence-corrected chi connectivity index (χ3v) is 6.39. The predicted octanol–water partition coefficient (Wildman–Crippen LogP) is 1.68. The van der Waals surface area contributed by atoms with Crippen molar-refractivity contribution in [1.82, 2.24) is 19.5 Å². The van der Waals surface area contributed by atoms with Crippen molar-refractivity contribution < 1.29 is 4.79 Å². The van der Waals surface area contributed by atoms with Crippen molar-refractivity contribution in [2.75, 3.05) is 19.6 Å². The molecular formula is C20H26N6O. The number of imidazole rings is 1. The standard InChI is InChI=1S/C20H26N6O/c1-12-7-13(17(21)27)16-15(8-12)24-18-14(9-23-26(16)18)19(2)5-6-25(10-19)11-20(22)3-4-20/h7-9,24H,3-6,10-11,22H2,1-2H3,(H2,21,27). The number of nitrogens with two attached hydrogens (primary N) is 2. The minimum Gasteiger partial charge on any atom is -0.366 e. The van der Waals surface area contributed by atoms with E-state index in [1.807, 2.05) is 29.8 Å². The molecule has 1 unspecified atom stereocenters. The van der Waals surface area contributed by atoms with Crippen molar-refractivity contribution in [1.29, 1.82) is 0 Å². The number of amides is 1. The van der Waals surface area contributed by atoms with Gasteiger partial charge in [0.15, 0.2) is 0 Å². The number of benzene rings is 1. The smallest absolute Gasteiger partial charge is 0.250 e. The number of aromatic nitrogens is 3. The monoisotopic (exact) mass is 366 g/mol. The number of aromatic amines is 1. The number of hydrogen-bond acceptors (Lipinski definition) is 4. The molecule has 2 fully saturated rings. The molecule has 2 aromatic heterocycles. The summed E-state index contributed by atoms with van der Waals surface area (Å²) >= 11 is 0. The second-order valence-electron chi connectivity index (χ2n) is 8.90. The number of aryl methyl sites for hydroxylation is 1. The SMILES string of the molecule is Cc1cc(C(N)=O)c2c(c1)[nH]c1c(C3(C)CCN(CC4(N)CC4)C3)cnn12. The zero-order chi connectivity index (χ0) is 19.0. The Labute approximate surface area is 157 Å². The first-order valence-corrected chi connectivity index (χ1v) is 9.60. The van der Waals surface area contributed by atoms with Crippen LogP contribution in [0.3, 0.4) is 0 Å². The Balaban J connectivity index is 1.58. The maximum Gasteiger partial charge on any atom is 0.250 e. The van der Waals surface area contributed by atoms with Gasteiger partial charge in [0, 0.05) is 29.6 Å². The summed E-state index contributed by atoms with van der Waals surface area (Å²) in [5.41, 5.74) is 17.3. The van der Waals surface area contributed by atoms with Gasteiger partial charge < -0.3 is 21.4 Å². The molecule has 5 rings (SSSR count). The Morgan fingerprint density at radius 1 is 1.33 bits per heavy atom. The highest BCUT2D eigenvalue weighted by Gasteiger charge is 2.44. The Morgan fingerprint density at radius 2 is 2.11 bits per heavy atom. The molecule has 1 atom stereocenters. The van der Waals surface area contributed by atoms with Crippen LogP contribution in [0.25, 0.3) is 16.7 Å². The summed E-state index contributed by atoms with van der Waals surface area (Å²) in [7, 11) is 0. The zero-order valence-corrected chi connectivity index (χ0v) is 15.9. The van der Waals surface area contributed by atoms with E-state index in [2.05, 4.69) is 21.9 Å². The van der Waals surface area contributed by atoms with Gasteiger partial charge in [0.2, 0.25) is 0 Å². The van der Waals surface area contributed by atoms with E-state index in [4.69, 9.17) is 11.5 Å². The highest BCUT2D eigenvalue weighted by atomic mass is 16.1. The number of rotatable bonds is 4. The van der Waals surface area contributed by atoms with Gasteiger partial charge >= 0.3 is 0 Å². The van der Waals surface area contributed by atoms with Crippen molar-refractivity contribution in [2.24, 2.45) is 11.5 Å². The summed E-state index contributed by atoms with van der Waals surface area (Å²) < 4.78 is 1.84. The van der Waals surface area contributed by atoms with E-state index in [1.165, 1.54) is 5.56 Å². The van der Waals surface area contributed by atoms with Gasteiger partial charge in [-0.25, -0.2) is 4.52 Å². The van der Waals surface area contributed by atoms with Crippen LogP contribution in [0.4, 0.5) is 0 Å². The van der Waals surface area contributed by atoms with E-state index in [0.717, 1.165) is 61.1 Å². The van der Waals surface area contributed by atoms with E-state index < -0.39 is 5.91 Å². The van der Waals surface area contributed by atoms with Crippen LogP contribution in [-0.4, -0.2) is 50.6 Å².